The lowest BCUT2D eigenvalue weighted by Crippen LogP contribution is -2.26. The van der Waals surface area contributed by atoms with Crippen molar-refractivity contribution in [1.82, 2.24) is 9.78 Å². The summed E-state index contributed by atoms with van der Waals surface area (Å²) in [5.41, 5.74) is 1.41. The molecule has 0 fully saturated rings. The average Bonchev–Trinajstić information content (AvgIpc) is 3.01. The fourth-order valence-electron chi connectivity index (χ4n) is 3.43. The van der Waals surface area contributed by atoms with Crippen molar-refractivity contribution in [3.63, 3.8) is 0 Å². The number of thiophene rings is 1. The van der Waals surface area contributed by atoms with Gasteiger partial charge in [0.25, 0.3) is 5.91 Å². The molecular formula is C19H15ClN4O2S. The first kappa shape index (κ1) is 17.7. The molecule has 0 bridgehead atoms. The fraction of sp³-hybridized carbons (Fsp3) is 0.263. The molecular weight excluding hydrogens is 384 g/mol. The number of amides is 1. The lowest BCUT2D eigenvalue weighted by atomic mass is 9.96. The van der Waals surface area contributed by atoms with Crippen molar-refractivity contribution in [3.8, 4) is 6.07 Å². The maximum atomic E-state index is 12.8. The minimum atomic E-state index is -0.618. The van der Waals surface area contributed by atoms with Crippen molar-refractivity contribution in [2.24, 2.45) is 7.05 Å². The van der Waals surface area contributed by atoms with E-state index in [9.17, 15) is 14.9 Å². The molecule has 0 saturated heterocycles. The first-order valence-corrected chi connectivity index (χ1v) is 9.71. The zero-order valence-electron chi connectivity index (χ0n) is 14.5. The smallest absolute Gasteiger partial charge is 0.280 e. The average molecular weight is 399 g/mol. The Kier molecular flexibility index (Phi) is 4.46. The molecule has 0 spiro atoms. The molecule has 8 heteroatoms. The third-order valence-electron chi connectivity index (χ3n) is 4.74. The van der Waals surface area contributed by atoms with Crippen molar-refractivity contribution in [1.29, 1.82) is 5.26 Å². The number of carbonyl (C=O) groups excluding carboxylic acids is 1. The highest BCUT2D eigenvalue weighted by atomic mass is 35.5. The summed E-state index contributed by atoms with van der Waals surface area (Å²) >= 11 is 7.41. The number of nitrogens with zero attached hydrogens (tertiary/aromatic N) is 3. The predicted molar refractivity (Wildman–Crippen MR) is 106 cm³/mol. The van der Waals surface area contributed by atoms with Gasteiger partial charge < -0.3 is 5.32 Å². The van der Waals surface area contributed by atoms with E-state index < -0.39 is 11.3 Å². The van der Waals surface area contributed by atoms with Crippen molar-refractivity contribution in [2.45, 2.75) is 25.7 Å². The number of nitriles is 1. The van der Waals surface area contributed by atoms with E-state index in [0.29, 0.717) is 26.5 Å². The molecule has 0 radical (unpaired) electrons. The second kappa shape index (κ2) is 6.80. The molecule has 1 amide bonds. The summed E-state index contributed by atoms with van der Waals surface area (Å²) in [5, 5.41) is 17.6. The van der Waals surface area contributed by atoms with Crippen LogP contribution in [0.3, 0.4) is 0 Å². The molecule has 3 aromatic rings. The van der Waals surface area contributed by atoms with Crippen LogP contribution in [0.4, 0.5) is 5.00 Å². The number of nitrogens with one attached hydrogen (secondary N) is 1. The Bertz CT molecular complexity index is 1190. The summed E-state index contributed by atoms with van der Waals surface area (Å²) in [6.07, 6.45) is 3.89. The maximum absolute atomic E-state index is 12.8. The molecule has 136 valence electrons. The lowest BCUT2D eigenvalue weighted by Gasteiger charge is -2.09. The van der Waals surface area contributed by atoms with Gasteiger partial charge in [0.15, 0.2) is 5.69 Å². The Morgan fingerprint density at radius 1 is 1.37 bits per heavy atom. The molecule has 1 aromatic carbocycles. The zero-order chi connectivity index (χ0) is 19.1. The van der Waals surface area contributed by atoms with Gasteiger partial charge in [-0.05, 0) is 49.4 Å². The molecule has 6 nitrogen and oxygen atoms in total. The van der Waals surface area contributed by atoms with Gasteiger partial charge in [-0.2, -0.15) is 10.4 Å². The molecule has 1 aliphatic carbocycles. The molecule has 0 unspecified atom stereocenters. The summed E-state index contributed by atoms with van der Waals surface area (Å²) in [6, 6.07) is 7.08. The SMILES string of the molecule is Cn1nc(C(=O)Nc2sc3c(c2C#N)CCCC3)c(=O)c2cc(Cl)ccc21. The van der Waals surface area contributed by atoms with Crippen molar-refractivity contribution >= 4 is 44.7 Å². The number of fused-ring (bicyclic) bond motifs is 2. The van der Waals surface area contributed by atoms with Crippen LogP contribution in [-0.2, 0) is 19.9 Å². The summed E-state index contributed by atoms with van der Waals surface area (Å²) in [7, 11) is 1.66. The van der Waals surface area contributed by atoms with E-state index in [4.69, 9.17) is 11.6 Å². The Morgan fingerprint density at radius 2 is 2.15 bits per heavy atom. The third kappa shape index (κ3) is 3.01. The monoisotopic (exact) mass is 398 g/mol. The summed E-state index contributed by atoms with van der Waals surface area (Å²) in [6.45, 7) is 0. The number of benzene rings is 1. The standard InChI is InChI=1S/C19H15ClN4O2S/c1-24-14-7-6-10(20)8-12(14)17(25)16(23-24)18(26)22-19-13(9-21)11-4-2-3-5-15(11)27-19/h6-8H,2-5H2,1H3,(H,22,26). The van der Waals surface area contributed by atoms with Gasteiger partial charge in [-0.3, -0.25) is 14.3 Å². The van der Waals surface area contributed by atoms with Gasteiger partial charge in [0.05, 0.1) is 16.5 Å². The van der Waals surface area contributed by atoms with Gasteiger partial charge in [0, 0.05) is 16.9 Å². The van der Waals surface area contributed by atoms with E-state index in [-0.39, 0.29) is 5.69 Å². The van der Waals surface area contributed by atoms with Crippen LogP contribution in [0.1, 0.15) is 39.3 Å². The number of halogens is 1. The molecule has 4 rings (SSSR count). The van der Waals surface area contributed by atoms with E-state index in [1.54, 1.807) is 19.2 Å². The number of rotatable bonds is 2. The highest BCUT2D eigenvalue weighted by Gasteiger charge is 2.24. The summed E-state index contributed by atoms with van der Waals surface area (Å²) in [4.78, 5) is 26.7. The summed E-state index contributed by atoms with van der Waals surface area (Å²) in [5.74, 6) is -0.618. The van der Waals surface area contributed by atoms with Crippen LogP contribution in [-0.4, -0.2) is 15.7 Å². The normalized spacial score (nSPS) is 13.2. The molecule has 27 heavy (non-hydrogen) atoms. The fourth-order valence-corrected chi connectivity index (χ4v) is 4.84. The van der Waals surface area contributed by atoms with Gasteiger partial charge in [0.2, 0.25) is 5.43 Å². The molecule has 0 atom stereocenters. The number of hydrogen-bond donors (Lipinski definition) is 1. The van der Waals surface area contributed by atoms with Crippen LogP contribution in [0.25, 0.3) is 10.9 Å². The number of carbonyl (C=O) groups is 1. The number of hydrogen-bond acceptors (Lipinski definition) is 5. The Labute approximate surface area is 164 Å². The van der Waals surface area contributed by atoms with Crippen molar-refractivity contribution in [2.75, 3.05) is 5.32 Å². The van der Waals surface area contributed by atoms with Crippen LogP contribution in [0.15, 0.2) is 23.0 Å². The molecule has 2 aromatic heterocycles. The molecule has 1 aliphatic rings. The van der Waals surface area contributed by atoms with Crippen molar-refractivity contribution < 1.29 is 4.79 Å². The van der Waals surface area contributed by atoms with Crippen LogP contribution >= 0.6 is 22.9 Å². The predicted octanol–water partition coefficient (Wildman–Crippen LogP) is 3.65. The van der Waals surface area contributed by atoms with E-state index in [1.165, 1.54) is 22.1 Å². The van der Waals surface area contributed by atoms with Crippen molar-refractivity contribution in [3.05, 3.63) is 55.1 Å². The number of aryl methyl sites for hydroxylation is 2. The van der Waals surface area contributed by atoms with E-state index >= 15 is 0 Å². The maximum Gasteiger partial charge on any atom is 0.280 e. The number of anilines is 1. The van der Waals surface area contributed by atoms with Gasteiger partial charge in [0.1, 0.15) is 11.1 Å². The highest BCUT2D eigenvalue weighted by molar-refractivity contribution is 7.16. The first-order chi connectivity index (χ1) is 13.0. The van der Waals surface area contributed by atoms with Crippen LogP contribution in [0, 0.1) is 11.3 Å². The quantitative estimate of drug-likeness (QED) is 0.713. The van der Waals surface area contributed by atoms with E-state index in [2.05, 4.69) is 16.5 Å². The van der Waals surface area contributed by atoms with Gasteiger partial charge in [-0.15, -0.1) is 11.3 Å². The Balaban J connectivity index is 1.77. The topological polar surface area (TPSA) is 87.8 Å². The van der Waals surface area contributed by atoms with Gasteiger partial charge in [-0.1, -0.05) is 11.6 Å². The second-order valence-corrected chi connectivity index (χ2v) is 7.99. The van der Waals surface area contributed by atoms with E-state index in [0.717, 1.165) is 36.1 Å². The molecule has 0 aliphatic heterocycles. The number of aromatic nitrogens is 2. The van der Waals surface area contributed by atoms with Crippen LogP contribution in [0.5, 0.6) is 0 Å². The molecule has 2 heterocycles. The zero-order valence-corrected chi connectivity index (χ0v) is 16.1. The van der Waals surface area contributed by atoms with Gasteiger partial charge in [-0.25, -0.2) is 0 Å². The minimum absolute atomic E-state index is 0.220. The Morgan fingerprint density at radius 3 is 2.93 bits per heavy atom. The van der Waals surface area contributed by atoms with Crippen LogP contribution in [0.2, 0.25) is 5.02 Å². The Hall–Kier alpha value is -2.69. The third-order valence-corrected chi connectivity index (χ3v) is 6.18. The van der Waals surface area contributed by atoms with Gasteiger partial charge >= 0.3 is 0 Å². The van der Waals surface area contributed by atoms with E-state index in [1.807, 2.05) is 0 Å². The summed E-state index contributed by atoms with van der Waals surface area (Å²) < 4.78 is 1.48. The lowest BCUT2D eigenvalue weighted by molar-refractivity contribution is 0.102. The first-order valence-electron chi connectivity index (χ1n) is 8.52. The van der Waals surface area contributed by atoms with Crippen LogP contribution < -0.4 is 10.7 Å². The molecule has 0 saturated carbocycles. The minimum Gasteiger partial charge on any atom is -0.311 e. The second-order valence-electron chi connectivity index (χ2n) is 6.44. The molecule has 1 N–H and O–H groups in total. The largest absolute Gasteiger partial charge is 0.311 e. The highest BCUT2D eigenvalue weighted by Crippen LogP contribution is 2.37.